The molecule has 1 aliphatic carbocycles. The smallest absolute Gasteiger partial charge is 0.434 e. The monoisotopic (exact) mass is 349 g/mol. The van der Waals surface area contributed by atoms with Gasteiger partial charge in [0.25, 0.3) is 0 Å². The summed E-state index contributed by atoms with van der Waals surface area (Å²) in [6.07, 6.45) is 0.288. The molecule has 1 saturated heterocycles. The lowest BCUT2D eigenvalue weighted by Crippen LogP contribution is -2.56. The number of fused-ring (bicyclic) bond motifs is 3. The minimum absolute atomic E-state index is 0.0259. The second kappa shape index (κ2) is 5.35. The van der Waals surface area contributed by atoms with Crippen LogP contribution in [0.2, 0.25) is 5.82 Å². The Morgan fingerprint density at radius 1 is 1.36 bits per heavy atom. The number of rotatable bonds is 5. The van der Waals surface area contributed by atoms with Crippen LogP contribution in [0.3, 0.4) is 0 Å². The van der Waals surface area contributed by atoms with E-state index < -0.39 is 18.6 Å². The Bertz CT molecular complexity index is 762. The van der Waals surface area contributed by atoms with Gasteiger partial charge in [0.2, 0.25) is 5.91 Å². The van der Waals surface area contributed by atoms with Gasteiger partial charge < -0.3 is 30.3 Å². The summed E-state index contributed by atoms with van der Waals surface area (Å²) in [5.74, 6) is -2.08. The highest BCUT2D eigenvalue weighted by Crippen LogP contribution is 2.63. The minimum atomic E-state index is -3.06. The third-order valence-corrected chi connectivity index (χ3v) is 5.05. The zero-order valence-corrected chi connectivity index (χ0v) is 13.3. The zero-order valence-electron chi connectivity index (χ0n) is 13.3. The van der Waals surface area contributed by atoms with Crippen molar-refractivity contribution < 1.29 is 34.1 Å². The van der Waals surface area contributed by atoms with Gasteiger partial charge in [-0.25, -0.2) is 4.79 Å². The second-order valence-electron chi connectivity index (χ2n) is 6.95. The molecule has 3 aliphatic rings. The van der Waals surface area contributed by atoms with Gasteiger partial charge in [0.15, 0.2) is 0 Å². The number of hydrogen-bond donors (Lipinski definition) is 4. The Kier molecular flexibility index (Phi) is 3.46. The van der Waals surface area contributed by atoms with Crippen LogP contribution in [0.4, 0.5) is 0 Å². The number of amides is 1. The largest absolute Gasteiger partial charge is 0.669 e. The van der Waals surface area contributed by atoms with E-state index in [0.29, 0.717) is 25.1 Å². The van der Waals surface area contributed by atoms with E-state index in [1.165, 1.54) is 0 Å². The fourth-order valence-electron chi connectivity index (χ4n) is 3.74. The third-order valence-electron chi connectivity index (χ3n) is 5.05. The van der Waals surface area contributed by atoms with Gasteiger partial charge >= 0.3 is 12.7 Å². The first-order chi connectivity index (χ1) is 11.8. The van der Waals surface area contributed by atoms with Crippen molar-refractivity contribution >= 4 is 18.6 Å². The zero-order chi connectivity index (χ0) is 17.9. The van der Waals surface area contributed by atoms with E-state index in [1.54, 1.807) is 17.0 Å². The molecule has 25 heavy (non-hydrogen) atoms. The van der Waals surface area contributed by atoms with Crippen LogP contribution >= 0.6 is 0 Å². The van der Waals surface area contributed by atoms with Gasteiger partial charge in [0, 0.05) is 13.1 Å². The van der Waals surface area contributed by atoms with Crippen LogP contribution < -0.4 is 15.1 Å². The van der Waals surface area contributed by atoms with Crippen LogP contribution in [-0.4, -0.2) is 64.4 Å². The van der Waals surface area contributed by atoms with Crippen LogP contribution in [0.5, 0.6) is 11.5 Å². The molecule has 2 fully saturated rings. The number of carboxylic acids is 1. The summed E-state index contributed by atoms with van der Waals surface area (Å²) in [5.41, 5.74) is 5.58. The number of aromatic carboxylic acids is 1. The van der Waals surface area contributed by atoms with Crippen molar-refractivity contribution in [2.24, 2.45) is 5.73 Å². The molecule has 10 heteroatoms. The maximum Gasteiger partial charge on any atom is 0.434 e. The summed E-state index contributed by atoms with van der Waals surface area (Å²) < 4.78 is 11.0. The van der Waals surface area contributed by atoms with Gasteiger partial charge in [0.05, 0.1) is 12.3 Å². The van der Waals surface area contributed by atoms with Gasteiger partial charge in [-0.15, -0.1) is 0 Å². The third kappa shape index (κ3) is 2.72. The van der Waals surface area contributed by atoms with Crippen molar-refractivity contribution in [3.05, 3.63) is 23.3 Å². The predicted molar refractivity (Wildman–Crippen MR) is 85.4 cm³/mol. The molecule has 1 amide bonds. The second-order valence-corrected chi connectivity index (χ2v) is 6.95. The van der Waals surface area contributed by atoms with Crippen LogP contribution in [0.1, 0.15) is 28.3 Å². The molecule has 1 saturated carbocycles. The van der Waals surface area contributed by atoms with Gasteiger partial charge in [-0.3, -0.25) is 9.69 Å². The lowest BCUT2D eigenvalue weighted by atomic mass is 9.68. The SMILES string of the molecule is NC(=O)CN1CC(Oc2ccc3c(c2C(=O)O)O[B-](O)(O)[C@H]2C[C@@H]32)C1. The molecule has 4 rings (SSSR count). The molecule has 2 aliphatic heterocycles. The number of likely N-dealkylation sites (tertiary alicyclic amines) is 1. The van der Waals surface area contributed by atoms with Crippen molar-refractivity contribution in [3.8, 4) is 11.5 Å². The lowest BCUT2D eigenvalue weighted by Gasteiger charge is -2.40. The fourth-order valence-corrected chi connectivity index (χ4v) is 3.74. The van der Waals surface area contributed by atoms with Crippen LogP contribution in [0.25, 0.3) is 0 Å². The normalized spacial score (nSPS) is 26.6. The molecule has 0 bridgehead atoms. The van der Waals surface area contributed by atoms with Crippen molar-refractivity contribution in [3.63, 3.8) is 0 Å². The number of nitrogens with two attached hydrogens (primary N) is 1. The fraction of sp³-hybridized carbons (Fsp3) is 0.467. The Hall–Kier alpha value is -2.30. The molecule has 0 radical (unpaired) electrons. The molecule has 1 aromatic carbocycles. The van der Waals surface area contributed by atoms with Crippen molar-refractivity contribution in [2.45, 2.75) is 24.3 Å². The number of nitrogens with zero attached hydrogens (tertiary/aromatic N) is 1. The van der Waals surface area contributed by atoms with E-state index >= 15 is 0 Å². The summed E-state index contributed by atoms with van der Waals surface area (Å²) in [6.45, 7) is -2.02. The minimum Gasteiger partial charge on any atom is -0.669 e. The van der Waals surface area contributed by atoms with Gasteiger partial charge in [0.1, 0.15) is 17.4 Å². The molecule has 2 heterocycles. The van der Waals surface area contributed by atoms with Crippen LogP contribution in [-0.2, 0) is 4.79 Å². The van der Waals surface area contributed by atoms with E-state index in [0.717, 1.165) is 0 Å². The van der Waals surface area contributed by atoms with Crippen molar-refractivity contribution in [2.75, 3.05) is 19.6 Å². The number of benzene rings is 1. The van der Waals surface area contributed by atoms with E-state index in [1.807, 2.05) is 0 Å². The average Bonchev–Trinajstić information content (AvgIpc) is 3.25. The Labute approximate surface area is 142 Å². The quantitative estimate of drug-likeness (QED) is 0.501. The number of carbonyl (C=O) groups is 2. The summed E-state index contributed by atoms with van der Waals surface area (Å²) in [5, 5.41) is 29.6. The van der Waals surface area contributed by atoms with E-state index in [-0.39, 0.29) is 41.4 Å². The predicted octanol–water partition coefficient (Wildman–Crippen LogP) is -0.893. The molecule has 0 aromatic heterocycles. The first-order valence-electron chi connectivity index (χ1n) is 8.12. The molecule has 0 spiro atoms. The number of primary amides is 1. The van der Waals surface area contributed by atoms with Crippen LogP contribution in [0, 0.1) is 0 Å². The average molecular weight is 349 g/mol. The molecule has 0 unspecified atom stereocenters. The Morgan fingerprint density at radius 3 is 2.72 bits per heavy atom. The Morgan fingerprint density at radius 2 is 2.08 bits per heavy atom. The summed E-state index contributed by atoms with van der Waals surface area (Å²) in [4.78, 5) is 24.4. The van der Waals surface area contributed by atoms with E-state index in [9.17, 15) is 24.7 Å². The number of hydrogen-bond acceptors (Lipinski definition) is 7. The first kappa shape index (κ1) is 16.2. The topological polar surface area (TPSA) is 143 Å². The molecular formula is C15H18BN2O7-. The Balaban J connectivity index is 1.58. The summed E-state index contributed by atoms with van der Waals surface area (Å²) in [6, 6.07) is 3.29. The molecule has 1 aromatic rings. The first-order valence-corrected chi connectivity index (χ1v) is 8.12. The van der Waals surface area contributed by atoms with Crippen LogP contribution in [0.15, 0.2) is 12.1 Å². The standard InChI is InChI=1S/C15H18BN2O7/c17-12(19)6-18-4-7(5-18)24-11-2-1-8-9-3-10(9)16(22,23)25-14(8)13(11)15(20)21/h1-2,7,9-10,22-23H,3-6H2,(H2,17,19)(H,20,21)/q-1/t9-,10-/m0/s1. The molecule has 5 N–H and O–H groups in total. The molecular weight excluding hydrogens is 331 g/mol. The maximum absolute atomic E-state index is 11.7. The number of carbonyl (C=O) groups excluding carboxylic acids is 1. The highest BCUT2D eigenvalue weighted by molar-refractivity contribution is 6.62. The van der Waals surface area contributed by atoms with Crippen molar-refractivity contribution in [1.29, 1.82) is 0 Å². The molecule has 9 nitrogen and oxygen atoms in total. The number of carboxylic acid groups (broad SMARTS) is 1. The molecule has 134 valence electrons. The van der Waals surface area contributed by atoms with Crippen molar-refractivity contribution in [1.82, 2.24) is 4.90 Å². The highest BCUT2D eigenvalue weighted by Gasteiger charge is 2.55. The van der Waals surface area contributed by atoms with E-state index in [2.05, 4.69) is 0 Å². The highest BCUT2D eigenvalue weighted by atomic mass is 16.6. The summed E-state index contributed by atoms with van der Waals surface area (Å²) >= 11 is 0. The summed E-state index contributed by atoms with van der Waals surface area (Å²) in [7, 11) is 0. The lowest BCUT2D eigenvalue weighted by molar-refractivity contribution is -0.121. The van der Waals surface area contributed by atoms with E-state index in [4.69, 9.17) is 15.1 Å². The van der Waals surface area contributed by atoms with Gasteiger partial charge in [-0.1, -0.05) is 18.3 Å². The van der Waals surface area contributed by atoms with Gasteiger partial charge in [-0.2, -0.15) is 0 Å². The molecule has 2 atom stereocenters. The van der Waals surface area contributed by atoms with Gasteiger partial charge in [-0.05, 0) is 17.5 Å². The number of ether oxygens (including phenoxy) is 1. The maximum atomic E-state index is 11.7.